The first-order chi connectivity index (χ1) is 27.3. The maximum atomic E-state index is 13.9. The minimum atomic E-state index is -4.18. The molecule has 0 saturated heterocycles. The number of halogens is 5. The van der Waals surface area contributed by atoms with Gasteiger partial charge in [-0.15, -0.1) is 0 Å². The molecule has 6 N–H and O–H groups in total. The summed E-state index contributed by atoms with van der Waals surface area (Å²) in [6.07, 6.45) is 4.32. The highest BCUT2D eigenvalue weighted by atomic mass is 35.5. The molecule has 0 radical (unpaired) electrons. The number of nitrogens with one attached hydrogen (secondary N) is 2. The molecule has 0 aliphatic carbocycles. The topological polar surface area (TPSA) is 204 Å². The van der Waals surface area contributed by atoms with E-state index in [4.69, 9.17) is 33.5 Å². The number of aromatic nitrogens is 2. The van der Waals surface area contributed by atoms with Gasteiger partial charge in [-0.05, 0) is 78.2 Å². The molecular weight excluding hydrogens is 840 g/mol. The van der Waals surface area contributed by atoms with Crippen molar-refractivity contribution in [3.63, 3.8) is 0 Å². The lowest BCUT2D eigenvalue weighted by Crippen LogP contribution is -2.17. The molecular formula is C39H31Cl2F3N6O6S2. The van der Waals surface area contributed by atoms with Crippen LogP contribution in [0.3, 0.4) is 0 Å². The summed E-state index contributed by atoms with van der Waals surface area (Å²) in [4.78, 5) is 31.4. The molecule has 12 nitrogen and oxygen atoms in total. The van der Waals surface area contributed by atoms with Gasteiger partial charge in [0.2, 0.25) is 31.9 Å². The Kier molecular flexibility index (Phi) is 13.7. The lowest BCUT2D eigenvalue weighted by molar-refractivity contribution is -0.116. The van der Waals surface area contributed by atoms with E-state index in [2.05, 4.69) is 20.6 Å². The van der Waals surface area contributed by atoms with Gasteiger partial charge in [-0.2, -0.15) is 0 Å². The zero-order valence-corrected chi connectivity index (χ0v) is 33.2. The molecule has 0 unspecified atom stereocenters. The molecule has 0 spiro atoms. The Balaban J connectivity index is 0.000000221. The van der Waals surface area contributed by atoms with Crippen LogP contribution in [0, 0.1) is 24.4 Å². The van der Waals surface area contributed by atoms with Crippen LogP contribution in [0.4, 0.5) is 24.5 Å². The fourth-order valence-electron chi connectivity index (χ4n) is 5.48. The number of hydrogen-bond donors (Lipinski definition) is 4. The van der Waals surface area contributed by atoms with Gasteiger partial charge < -0.3 is 10.6 Å². The fourth-order valence-corrected chi connectivity index (χ4v) is 7.53. The smallest absolute Gasteiger partial charge is 0.238 e. The Morgan fingerprint density at radius 2 is 1.09 bits per heavy atom. The normalized spacial score (nSPS) is 11.3. The van der Waals surface area contributed by atoms with Crippen LogP contribution in [0.1, 0.15) is 16.7 Å². The third-order valence-electron chi connectivity index (χ3n) is 8.10. The Hall–Kier alpha value is -5.69. The van der Waals surface area contributed by atoms with Crippen LogP contribution in [-0.4, -0.2) is 38.6 Å². The van der Waals surface area contributed by atoms with E-state index in [-0.39, 0.29) is 61.8 Å². The fraction of sp³-hybridized carbons (Fsp3) is 0.0769. The van der Waals surface area contributed by atoms with Gasteiger partial charge >= 0.3 is 0 Å². The second-order valence-electron chi connectivity index (χ2n) is 12.6. The van der Waals surface area contributed by atoms with E-state index in [1.165, 1.54) is 67.0 Å². The Morgan fingerprint density at radius 1 is 0.621 bits per heavy atom. The number of carbonyl (C=O) groups excluding carboxylic acids is 2. The molecule has 58 heavy (non-hydrogen) atoms. The van der Waals surface area contributed by atoms with Gasteiger partial charge in [0.1, 0.15) is 17.5 Å². The molecule has 2 amide bonds. The molecule has 4 aromatic carbocycles. The Bertz CT molecular complexity index is 2590. The van der Waals surface area contributed by atoms with Crippen molar-refractivity contribution in [2.24, 2.45) is 10.3 Å². The van der Waals surface area contributed by atoms with Gasteiger partial charge in [0.05, 0.1) is 35.0 Å². The molecule has 0 atom stereocenters. The summed E-state index contributed by atoms with van der Waals surface area (Å²) in [7, 11) is -8.35. The standard InChI is InChI=1S/C20H17F2N3O3S.C19H14Cl2FN3O3S/c1-12-2-3-13(18(22)6-12)8-20(26)25-16-4-5-17(19(9-16)29(23,27)28)14-7-15(21)11-24-10-14;20-13-2-1-11(17(21)7-13)6-19(26)25-15-3-4-16(18(8-15)29(23,27)28)12-5-14(22)10-24-9-12/h2-7,9-11H,8H2,1H3,(H,25,26)(H2,23,27,28);1-5,7-10H,6H2,(H,25,26)(H2,23,27,28). The lowest BCUT2D eigenvalue weighted by Gasteiger charge is -2.12. The minimum absolute atomic E-state index is 0.0454. The van der Waals surface area contributed by atoms with Gasteiger partial charge in [-0.3, -0.25) is 19.6 Å². The number of aryl methyl sites for hydroxylation is 1. The predicted octanol–water partition coefficient (Wildman–Crippen LogP) is 7.19. The van der Waals surface area contributed by atoms with Crippen LogP contribution >= 0.6 is 23.2 Å². The summed E-state index contributed by atoms with van der Waals surface area (Å²) in [6, 6.07) is 19.6. The molecule has 0 aliphatic heterocycles. The number of nitrogens with two attached hydrogens (primary N) is 2. The van der Waals surface area contributed by atoms with Gasteiger partial charge in [0.15, 0.2) is 0 Å². The van der Waals surface area contributed by atoms with Gasteiger partial charge in [-0.25, -0.2) is 40.3 Å². The summed E-state index contributed by atoms with van der Waals surface area (Å²) in [6.45, 7) is 1.73. The molecule has 300 valence electrons. The van der Waals surface area contributed by atoms with E-state index >= 15 is 0 Å². The van der Waals surface area contributed by atoms with Crippen LogP contribution in [-0.2, 0) is 42.5 Å². The van der Waals surface area contributed by atoms with Crippen molar-refractivity contribution in [1.29, 1.82) is 0 Å². The summed E-state index contributed by atoms with van der Waals surface area (Å²) in [5, 5.41) is 16.5. The van der Waals surface area contributed by atoms with Crippen molar-refractivity contribution >= 4 is 66.4 Å². The first-order valence-corrected chi connectivity index (χ1v) is 20.5. The average molecular weight is 872 g/mol. The highest BCUT2D eigenvalue weighted by Gasteiger charge is 2.20. The first-order valence-electron chi connectivity index (χ1n) is 16.6. The third-order valence-corrected chi connectivity index (χ3v) is 10.6. The van der Waals surface area contributed by atoms with Gasteiger partial charge in [0, 0.05) is 56.1 Å². The van der Waals surface area contributed by atoms with Crippen LogP contribution in [0.15, 0.2) is 120 Å². The number of hydrogen-bond acceptors (Lipinski definition) is 8. The molecule has 0 fully saturated rings. The van der Waals surface area contributed by atoms with E-state index in [0.717, 1.165) is 30.1 Å². The maximum Gasteiger partial charge on any atom is 0.238 e. The van der Waals surface area contributed by atoms with Crippen LogP contribution < -0.4 is 20.9 Å². The molecule has 6 rings (SSSR count). The number of pyridine rings is 2. The third kappa shape index (κ3) is 11.7. The number of sulfonamides is 2. The average Bonchev–Trinajstić information content (AvgIpc) is 3.13. The molecule has 2 aromatic heterocycles. The van der Waals surface area contributed by atoms with Gasteiger partial charge in [0.25, 0.3) is 0 Å². The van der Waals surface area contributed by atoms with E-state index in [1.807, 2.05) is 0 Å². The number of benzene rings is 4. The highest BCUT2D eigenvalue weighted by molar-refractivity contribution is 7.89. The van der Waals surface area contributed by atoms with E-state index in [1.54, 1.807) is 25.1 Å². The predicted molar refractivity (Wildman–Crippen MR) is 214 cm³/mol. The maximum absolute atomic E-state index is 13.9. The minimum Gasteiger partial charge on any atom is -0.326 e. The summed E-state index contributed by atoms with van der Waals surface area (Å²) >= 11 is 11.9. The largest absolute Gasteiger partial charge is 0.326 e. The van der Waals surface area contributed by atoms with E-state index in [0.29, 0.717) is 15.6 Å². The summed E-state index contributed by atoms with van der Waals surface area (Å²) in [5.74, 6) is -2.72. The monoisotopic (exact) mass is 870 g/mol. The van der Waals surface area contributed by atoms with Crippen molar-refractivity contribution in [2.45, 2.75) is 29.6 Å². The second kappa shape index (κ2) is 18.3. The summed E-state index contributed by atoms with van der Waals surface area (Å²) < 4.78 is 89.0. The number of amides is 2. The molecule has 0 saturated carbocycles. The number of anilines is 2. The Labute approximate surface area is 341 Å². The van der Waals surface area contributed by atoms with Crippen molar-refractivity contribution in [3.8, 4) is 22.3 Å². The molecule has 0 bridgehead atoms. The molecule has 2 heterocycles. The van der Waals surface area contributed by atoms with Crippen LogP contribution in [0.5, 0.6) is 0 Å². The lowest BCUT2D eigenvalue weighted by atomic mass is 10.1. The van der Waals surface area contributed by atoms with Crippen molar-refractivity contribution in [1.82, 2.24) is 9.97 Å². The number of nitrogens with zero attached hydrogens (tertiary/aromatic N) is 2. The number of primary sulfonamides is 2. The Morgan fingerprint density at radius 3 is 1.52 bits per heavy atom. The highest BCUT2D eigenvalue weighted by Crippen LogP contribution is 2.31. The van der Waals surface area contributed by atoms with Crippen LogP contribution in [0.25, 0.3) is 22.3 Å². The second-order valence-corrected chi connectivity index (χ2v) is 16.5. The number of rotatable bonds is 10. The zero-order chi connectivity index (χ0) is 42.4. The molecule has 6 aromatic rings. The van der Waals surface area contributed by atoms with Gasteiger partial charge in [-0.1, -0.05) is 53.5 Å². The number of carbonyl (C=O) groups is 2. The van der Waals surface area contributed by atoms with Crippen LogP contribution in [0.2, 0.25) is 10.0 Å². The quantitative estimate of drug-likeness (QED) is 0.111. The zero-order valence-electron chi connectivity index (χ0n) is 30.0. The first kappa shape index (κ1) is 43.4. The van der Waals surface area contributed by atoms with E-state index in [9.17, 15) is 39.6 Å². The van der Waals surface area contributed by atoms with Crippen molar-refractivity contribution < 1.29 is 39.6 Å². The molecule has 19 heteroatoms. The van der Waals surface area contributed by atoms with Crippen molar-refractivity contribution in [3.05, 3.63) is 154 Å². The summed E-state index contributed by atoms with van der Waals surface area (Å²) in [5.41, 5.74) is 2.61. The van der Waals surface area contributed by atoms with Crippen molar-refractivity contribution in [2.75, 3.05) is 10.6 Å². The SMILES string of the molecule is Cc1ccc(CC(=O)Nc2ccc(-c3cncc(F)c3)c(S(N)(=O)=O)c2)c(F)c1.NS(=O)(=O)c1cc(NC(=O)Cc2ccc(Cl)cc2Cl)ccc1-c1cncc(F)c1. The van der Waals surface area contributed by atoms with E-state index < -0.39 is 49.3 Å². The molecule has 0 aliphatic rings.